The highest BCUT2D eigenvalue weighted by molar-refractivity contribution is 5.57. The summed E-state index contributed by atoms with van der Waals surface area (Å²) in [5.74, 6) is 1.72. The first-order valence-electron chi connectivity index (χ1n) is 20.1. The summed E-state index contributed by atoms with van der Waals surface area (Å²) in [5, 5.41) is 25.5. The van der Waals surface area contributed by atoms with Gasteiger partial charge in [-0.1, -0.05) is 12.1 Å². The van der Waals surface area contributed by atoms with Crippen LogP contribution in [0.25, 0.3) is 11.3 Å². The Morgan fingerprint density at radius 2 is 1.08 bits per heavy atom. The van der Waals surface area contributed by atoms with Gasteiger partial charge in [0.2, 0.25) is 11.9 Å². The first-order valence-corrected chi connectivity index (χ1v) is 20.1. The van der Waals surface area contributed by atoms with Crippen LogP contribution in [0.2, 0.25) is 0 Å². The molecule has 60 heavy (non-hydrogen) atoms. The van der Waals surface area contributed by atoms with E-state index in [0.29, 0.717) is 60.2 Å². The van der Waals surface area contributed by atoms with Gasteiger partial charge in [-0.15, -0.1) is 10.2 Å². The third-order valence-corrected chi connectivity index (χ3v) is 11.8. The van der Waals surface area contributed by atoms with Crippen molar-refractivity contribution in [3.63, 3.8) is 0 Å². The molecular weight excluding hydrogens is 791 g/mol. The number of ether oxygens (including phenoxy) is 2. The number of benzene rings is 2. The first kappa shape index (κ1) is 41.5. The fourth-order valence-corrected chi connectivity index (χ4v) is 8.30. The van der Waals surface area contributed by atoms with Crippen LogP contribution < -0.4 is 10.6 Å². The molecule has 17 heteroatoms. The van der Waals surface area contributed by atoms with E-state index in [1.165, 1.54) is 24.3 Å². The van der Waals surface area contributed by atoms with Gasteiger partial charge in [0.15, 0.2) is 11.3 Å². The minimum atomic E-state index is -4.37. The van der Waals surface area contributed by atoms with Crippen LogP contribution >= 0.6 is 0 Å². The number of anilines is 4. The molecule has 1 saturated heterocycles. The van der Waals surface area contributed by atoms with Crippen molar-refractivity contribution < 1.29 is 40.9 Å². The Labute approximate surface area is 342 Å². The average Bonchev–Trinajstić information content (AvgIpc) is 3.62. The Morgan fingerprint density at radius 3 is 1.47 bits per heavy atom. The maximum atomic E-state index is 12.7. The number of methoxy groups -OCH3 is 1. The second kappa shape index (κ2) is 16.7. The van der Waals surface area contributed by atoms with E-state index in [-0.39, 0.29) is 5.60 Å². The van der Waals surface area contributed by atoms with E-state index in [1.54, 1.807) is 11.6 Å². The van der Waals surface area contributed by atoms with E-state index >= 15 is 0 Å². The van der Waals surface area contributed by atoms with Crippen molar-refractivity contribution >= 4 is 34.6 Å². The van der Waals surface area contributed by atoms with E-state index in [4.69, 9.17) is 9.47 Å². The number of fused-ring (bicyclic) bond motifs is 2. The molecular formula is C43H46F6N8O3. The SMILES string of the molecule is COC[C@]1(O)CC[C@@H](Cc2cccc3nc(Nc4ccc(C(F)(F)F)cc4)nn23)CC1.FC(F)(F)c1ccc(Nc2nc3cccc(CC4CCC5(CC4)CO5)n3n2)cc1. The highest BCUT2D eigenvalue weighted by Crippen LogP contribution is 2.44. The van der Waals surface area contributed by atoms with Crippen LogP contribution in [0.5, 0.6) is 0 Å². The van der Waals surface area contributed by atoms with Gasteiger partial charge in [0.25, 0.3) is 0 Å². The van der Waals surface area contributed by atoms with Crippen LogP contribution in [0.4, 0.5) is 49.6 Å². The average molecular weight is 837 g/mol. The van der Waals surface area contributed by atoms with Crippen LogP contribution in [0, 0.1) is 11.8 Å². The summed E-state index contributed by atoms with van der Waals surface area (Å²) in [6, 6.07) is 21.3. The third kappa shape index (κ3) is 9.85. The smallest absolute Gasteiger partial charge is 0.387 e. The van der Waals surface area contributed by atoms with E-state index in [0.717, 1.165) is 99.3 Å². The maximum absolute atomic E-state index is 12.7. The lowest BCUT2D eigenvalue weighted by molar-refractivity contribution is -0.138. The zero-order chi connectivity index (χ0) is 42.1. The molecule has 3 fully saturated rings. The molecule has 4 aromatic heterocycles. The summed E-state index contributed by atoms with van der Waals surface area (Å²) in [5.41, 5.74) is 2.55. The molecule has 3 N–H and O–H groups in total. The van der Waals surface area contributed by atoms with Crippen LogP contribution in [-0.4, -0.2) is 65.8 Å². The summed E-state index contributed by atoms with van der Waals surface area (Å²) in [7, 11) is 1.60. The van der Waals surface area contributed by atoms with Gasteiger partial charge >= 0.3 is 12.4 Å². The second-order valence-electron chi connectivity index (χ2n) is 16.3. The number of halogens is 6. The molecule has 0 bridgehead atoms. The van der Waals surface area contributed by atoms with Crippen molar-refractivity contribution in [3.05, 3.63) is 107 Å². The maximum Gasteiger partial charge on any atom is 0.416 e. The third-order valence-electron chi connectivity index (χ3n) is 11.8. The number of rotatable bonds is 10. The van der Waals surface area contributed by atoms with E-state index in [9.17, 15) is 31.4 Å². The van der Waals surface area contributed by atoms with Gasteiger partial charge in [-0.2, -0.15) is 36.3 Å². The lowest BCUT2D eigenvalue weighted by atomic mass is 9.77. The number of nitrogens with zero attached hydrogens (tertiary/aromatic N) is 6. The number of pyridine rings is 2. The normalized spacial score (nSPS) is 23.1. The monoisotopic (exact) mass is 836 g/mol. The molecule has 9 rings (SSSR count). The Morgan fingerprint density at radius 1 is 0.667 bits per heavy atom. The number of aromatic nitrogens is 6. The number of nitrogens with one attached hydrogen (secondary N) is 2. The fourth-order valence-electron chi connectivity index (χ4n) is 8.30. The van der Waals surface area contributed by atoms with Crippen LogP contribution in [0.3, 0.4) is 0 Å². The van der Waals surface area contributed by atoms with E-state index in [1.807, 2.05) is 34.8 Å². The number of hydrogen-bond donors (Lipinski definition) is 3. The number of aliphatic hydroxyl groups is 1. The standard InChI is InChI=1S/C22H25F3N4O2.C21H21F3N4O/c1-31-14-21(30)11-9-15(10-12-21)13-18-3-2-4-19-27-20(28-29(18)19)26-17-7-5-16(6-8-17)22(23,24)25;22-21(23,24)15-4-6-16(7-5-15)25-19-26-18-3-1-2-17(28(18)27-19)12-14-8-10-20(11-9-14)13-29-20/h2-8,15,30H,9-14H2,1H3,(H,26,28);1-7,14H,8-13H2,(H,25,27)/t15-,21+;. The Kier molecular flexibility index (Phi) is 11.5. The summed E-state index contributed by atoms with van der Waals surface area (Å²) < 4.78 is 90.7. The molecule has 2 aliphatic carbocycles. The van der Waals surface area contributed by atoms with Gasteiger partial charge in [0.05, 0.1) is 35.5 Å². The number of hydrogen-bond acceptors (Lipinski definition) is 9. The quantitative estimate of drug-likeness (QED) is 0.0914. The molecule has 11 nitrogen and oxygen atoms in total. The molecule has 2 aromatic carbocycles. The topological polar surface area (TPSA) is 126 Å². The number of alkyl halides is 6. The van der Waals surface area contributed by atoms with Crippen molar-refractivity contribution in [1.29, 1.82) is 0 Å². The fraction of sp³-hybridized carbons (Fsp3) is 0.442. The second-order valence-corrected chi connectivity index (χ2v) is 16.3. The lowest BCUT2D eigenvalue weighted by Crippen LogP contribution is -2.38. The van der Waals surface area contributed by atoms with Crippen molar-refractivity contribution in [2.24, 2.45) is 11.8 Å². The molecule has 318 valence electrons. The predicted octanol–water partition coefficient (Wildman–Crippen LogP) is 9.60. The Bertz CT molecular complexity index is 2380. The van der Waals surface area contributed by atoms with Crippen molar-refractivity contribution in [3.8, 4) is 0 Å². The number of epoxide rings is 1. The summed E-state index contributed by atoms with van der Waals surface area (Å²) in [4.78, 5) is 8.91. The van der Waals surface area contributed by atoms with Gasteiger partial charge in [0, 0.05) is 29.9 Å². The summed E-state index contributed by atoms with van der Waals surface area (Å²) in [6.07, 6.45) is 0.815. The lowest BCUT2D eigenvalue weighted by Gasteiger charge is -2.35. The zero-order valence-corrected chi connectivity index (χ0v) is 32.9. The van der Waals surface area contributed by atoms with Gasteiger partial charge in [-0.05, 0) is 149 Å². The minimum absolute atomic E-state index is 0.189. The highest BCUT2D eigenvalue weighted by Gasteiger charge is 2.46. The molecule has 0 radical (unpaired) electrons. The highest BCUT2D eigenvalue weighted by atomic mass is 19.4. The molecule has 6 aromatic rings. The molecule has 1 spiro atoms. The largest absolute Gasteiger partial charge is 0.416 e. The van der Waals surface area contributed by atoms with Crippen LogP contribution in [0.1, 0.15) is 73.9 Å². The van der Waals surface area contributed by atoms with Crippen molar-refractivity contribution in [1.82, 2.24) is 29.2 Å². The summed E-state index contributed by atoms with van der Waals surface area (Å²) >= 11 is 0. The van der Waals surface area contributed by atoms with E-state index in [2.05, 4.69) is 36.9 Å². The van der Waals surface area contributed by atoms with E-state index < -0.39 is 29.1 Å². The summed E-state index contributed by atoms with van der Waals surface area (Å²) in [6.45, 7) is 1.27. The van der Waals surface area contributed by atoms with Crippen molar-refractivity contribution in [2.75, 3.05) is 31.0 Å². The molecule has 5 heterocycles. The van der Waals surface area contributed by atoms with Gasteiger partial charge < -0.3 is 25.2 Å². The van der Waals surface area contributed by atoms with Crippen LogP contribution in [-0.2, 0) is 34.7 Å². The molecule has 0 atom stereocenters. The van der Waals surface area contributed by atoms with Gasteiger partial charge in [-0.3, -0.25) is 0 Å². The molecule has 1 aliphatic heterocycles. The Hall–Kier alpha value is -5.26. The molecule has 0 unspecified atom stereocenters. The van der Waals surface area contributed by atoms with Crippen LogP contribution in [0.15, 0.2) is 84.9 Å². The van der Waals surface area contributed by atoms with Crippen molar-refractivity contribution in [2.45, 2.75) is 87.8 Å². The first-order chi connectivity index (χ1) is 28.7. The Balaban J connectivity index is 0.000000167. The minimum Gasteiger partial charge on any atom is -0.387 e. The molecule has 3 aliphatic rings. The van der Waals surface area contributed by atoms with Gasteiger partial charge in [0.1, 0.15) is 0 Å². The zero-order valence-electron chi connectivity index (χ0n) is 32.9. The van der Waals surface area contributed by atoms with Gasteiger partial charge in [-0.25, -0.2) is 9.03 Å². The molecule has 0 amide bonds. The predicted molar refractivity (Wildman–Crippen MR) is 212 cm³/mol. The molecule has 2 saturated carbocycles.